The van der Waals surface area contributed by atoms with Crippen molar-refractivity contribution < 1.29 is 35.9 Å². The van der Waals surface area contributed by atoms with E-state index >= 15 is 0 Å². The number of oxazole rings is 3. The summed E-state index contributed by atoms with van der Waals surface area (Å²) in [6, 6.07) is 5.38. The van der Waals surface area contributed by atoms with Gasteiger partial charge >= 0.3 is 11.8 Å². The molecule has 0 amide bonds. The van der Waals surface area contributed by atoms with Crippen molar-refractivity contribution in [2.24, 2.45) is 0 Å². The van der Waals surface area contributed by atoms with Crippen LogP contribution in [-0.2, 0) is 0 Å². The van der Waals surface area contributed by atoms with Gasteiger partial charge in [-0.3, -0.25) is 9.67 Å². The summed E-state index contributed by atoms with van der Waals surface area (Å²) in [7, 11) is 0. The maximum atomic E-state index is 6.08. The topological polar surface area (TPSA) is 437 Å². The Kier molecular flexibility index (Phi) is 8.84. The summed E-state index contributed by atoms with van der Waals surface area (Å²) >= 11 is 0. The zero-order valence-corrected chi connectivity index (χ0v) is 36.9. The third kappa shape index (κ3) is 6.87. The zero-order chi connectivity index (χ0) is 49.4. The Balaban J connectivity index is 0.640. The van der Waals surface area contributed by atoms with Gasteiger partial charge in [-0.2, -0.15) is 9.97 Å². The van der Waals surface area contributed by atoms with E-state index in [1.54, 1.807) is 29.2 Å². The number of aromatic amines is 6. The van der Waals surface area contributed by atoms with Crippen molar-refractivity contribution in [3.8, 4) is 155 Å². The van der Waals surface area contributed by atoms with Crippen molar-refractivity contribution in [2.75, 3.05) is 0 Å². The van der Waals surface area contributed by atoms with Crippen LogP contribution in [0, 0.1) is 0 Å². The molecule has 0 aliphatic heterocycles. The summed E-state index contributed by atoms with van der Waals surface area (Å²) in [5.41, 5.74) is 6.32. The van der Waals surface area contributed by atoms with Crippen LogP contribution in [0.2, 0.25) is 0 Å². The van der Waals surface area contributed by atoms with E-state index in [1.807, 2.05) is 18.3 Å². The second kappa shape index (κ2) is 16.3. The fourth-order valence-corrected chi connectivity index (χ4v) is 7.91. The molecule has 15 heterocycles. The molecule has 0 bridgehead atoms. The van der Waals surface area contributed by atoms with E-state index in [0.29, 0.717) is 86.1 Å². The minimum Gasteiger partial charge on any atom is -0.443 e. The highest BCUT2D eigenvalue weighted by atomic mass is 16.5. The van der Waals surface area contributed by atoms with E-state index in [2.05, 4.69) is 106 Å². The number of imidazole rings is 2. The lowest BCUT2D eigenvalue weighted by Crippen LogP contribution is -1.98. The van der Waals surface area contributed by atoms with E-state index < -0.39 is 0 Å². The van der Waals surface area contributed by atoms with Crippen LogP contribution in [0.25, 0.3) is 155 Å². The summed E-state index contributed by atoms with van der Waals surface area (Å²) in [5, 5.41) is 45.4. The third-order valence-electron chi connectivity index (χ3n) is 11.3. The first kappa shape index (κ1) is 40.8. The summed E-state index contributed by atoms with van der Waals surface area (Å²) in [6.07, 6.45) is 18.4. The number of aromatic nitrogens is 25. The number of nitrogens with zero attached hydrogens (tertiary/aromatic N) is 19. The molecule has 33 nitrogen and oxygen atoms in total. The van der Waals surface area contributed by atoms with Gasteiger partial charge in [-0.05, 0) is 12.1 Å². The predicted octanol–water partition coefficient (Wildman–Crippen LogP) is 5.97. The van der Waals surface area contributed by atoms with Crippen LogP contribution in [0.15, 0.2) is 129 Å². The summed E-state index contributed by atoms with van der Waals surface area (Å²) in [6.45, 7) is 0. The first-order valence-corrected chi connectivity index (χ1v) is 21.6. The van der Waals surface area contributed by atoms with Gasteiger partial charge in [0.2, 0.25) is 35.0 Å². The average molecular weight is 1000 g/mol. The normalized spacial score (nSPS) is 11.7. The van der Waals surface area contributed by atoms with E-state index in [0.717, 1.165) is 11.1 Å². The lowest BCUT2D eigenvalue weighted by Gasteiger charge is -2.02. The van der Waals surface area contributed by atoms with E-state index in [-0.39, 0.29) is 58.0 Å². The SMILES string of the molecule is c1noc(-c2nc(-c3cc(-c4nocc4-c4conc4-c4ncc(-c5nc(-c6coc(-c7[nH]ccc7-c7cc[nH]c7-c7nc(-c8c[nH]c(-c9n[nH]c(-c%10nncn%10-c%10cnn[nH]%10)n9)n8)c[nH]7)n6)co5)o4)on3)no2)n1. The largest absolute Gasteiger partial charge is 0.443 e. The molecule has 0 saturated heterocycles. The van der Waals surface area contributed by atoms with Gasteiger partial charge in [-0.1, -0.05) is 31.0 Å². The first-order valence-electron chi connectivity index (χ1n) is 21.6. The Morgan fingerprint density at radius 1 is 0.520 bits per heavy atom. The van der Waals surface area contributed by atoms with Gasteiger partial charge in [0.1, 0.15) is 59.8 Å². The molecular formula is C42H21N25O8. The molecule has 362 valence electrons. The highest BCUT2D eigenvalue weighted by Gasteiger charge is 2.28. The monoisotopic (exact) mass is 1000 g/mol. The minimum absolute atomic E-state index is 0.00435. The van der Waals surface area contributed by atoms with Crippen LogP contribution in [0.3, 0.4) is 0 Å². The maximum absolute atomic E-state index is 6.08. The van der Waals surface area contributed by atoms with E-state index in [1.165, 1.54) is 50.1 Å². The lowest BCUT2D eigenvalue weighted by atomic mass is 10.1. The van der Waals surface area contributed by atoms with Gasteiger partial charge in [-0.25, -0.2) is 35.0 Å². The standard InChI is InChI=1S/C42H21N25O8/c1-3-43-29(33-45-6-21(52-33)22-7-46-34(53-22)35-56-36(60-59-35)37-61-50-15-67(37)27-9-49-66-58-27)16(1)17-2-4-44-30(17)40-55-24(13-69-40)23-12-68-38(54-23)26-8-47-39(72-26)31-19(11-71-64-31)18-10-70-63-28(18)25-5-20(62-73-25)32-57-42(75-65-32)41-48-14-51-74-41/h1-15,43-44H,(H,45,52)(H,46,53)(H,49,58,66)(H,56,59,60). The first-order chi connectivity index (χ1) is 37.1. The summed E-state index contributed by atoms with van der Waals surface area (Å²) in [5.74, 6) is 3.60. The second-order valence-electron chi connectivity index (χ2n) is 15.7. The van der Waals surface area contributed by atoms with Gasteiger partial charge in [0.25, 0.3) is 5.89 Å². The molecule has 0 spiro atoms. The Morgan fingerprint density at radius 2 is 1.31 bits per heavy atom. The maximum Gasteiger partial charge on any atom is 0.316 e. The zero-order valence-electron chi connectivity index (χ0n) is 36.9. The van der Waals surface area contributed by atoms with Gasteiger partial charge < -0.3 is 55.8 Å². The van der Waals surface area contributed by atoms with Gasteiger partial charge in [0.15, 0.2) is 52.5 Å². The molecule has 33 heteroatoms. The molecule has 75 heavy (non-hydrogen) atoms. The van der Waals surface area contributed by atoms with Gasteiger partial charge in [-0.15, -0.1) is 20.4 Å². The molecule has 0 radical (unpaired) electrons. The lowest BCUT2D eigenvalue weighted by molar-refractivity contribution is 0.382. The molecule has 0 aromatic carbocycles. The fourth-order valence-electron chi connectivity index (χ4n) is 7.91. The molecule has 15 aromatic heterocycles. The Labute approximate surface area is 409 Å². The Bertz CT molecular complexity index is 4440. The van der Waals surface area contributed by atoms with Crippen LogP contribution in [0.4, 0.5) is 0 Å². The Hall–Kier alpha value is -12.1. The van der Waals surface area contributed by atoms with E-state index in [9.17, 15) is 0 Å². The molecule has 0 aliphatic carbocycles. The molecule has 0 fully saturated rings. The minimum atomic E-state index is 0.00435. The second-order valence-corrected chi connectivity index (χ2v) is 15.7. The fraction of sp³-hybridized carbons (Fsp3) is 0. The van der Waals surface area contributed by atoms with Crippen LogP contribution in [-0.4, -0.2) is 126 Å². The molecule has 0 atom stereocenters. The quantitative estimate of drug-likeness (QED) is 0.0730. The smallest absolute Gasteiger partial charge is 0.316 e. The molecule has 0 aliphatic rings. The number of rotatable bonds is 14. The third-order valence-corrected chi connectivity index (χ3v) is 11.3. The van der Waals surface area contributed by atoms with Gasteiger partial charge in [0, 0.05) is 42.0 Å². The van der Waals surface area contributed by atoms with Crippen molar-refractivity contribution in [3.63, 3.8) is 0 Å². The van der Waals surface area contributed by atoms with Crippen molar-refractivity contribution in [1.29, 1.82) is 0 Å². The van der Waals surface area contributed by atoms with Crippen molar-refractivity contribution in [1.82, 2.24) is 126 Å². The number of hydrogen-bond acceptors (Lipinski definition) is 26. The van der Waals surface area contributed by atoms with Crippen molar-refractivity contribution in [2.45, 2.75) is 0 Å². The molecule has 6 N–H and O–H groups in total. The van der Waals surface area contributed by atoms with Crippen molar-refractivity contribution >= 4 is 0 Å². The van der Waals surface area contributed by atoms with E-state index in [4.69, 9.17) is 50.8 Å². The Morgan fingerprint density at radius 3 is 2.15 bits per heavy atom. The van der Waals surface area contributed by atoms with Crippen LogP contribution in [0.1, 0.15) is 0 Å². The van der Waals surface area contributed by atoms with Gasteiger partial charge in [0.05, 0.1) is 29.2 Å². The number of nitrogens with one attached hydrogen (secondary N) is 6. The number of hydrogen-bond donors (Lipinski definition) is 6. The molecular weight excluding hydrogens is 983 g/mol. The molecule has 15 aromatic rings. The van der Waals surface area contributed by atoms with Crippen LogP contribution in [0.5, 0.6) is 0 Å². The highest BCUT2D eigenvalue weighted by molar-refractivity contribution is 5.87. The highest BCUT2D eigenvalue weighted by Crippen LogP contribution is 2.40. The summed E-state index contributed by atoms with van der Waals surface area (Å²) < 4.78 is 46.0. The average Bonchev–Trinajstić information content (AvgIpc) is 4.27. The predicted molar refractivity (Wildman–Crippen MR) is 241 cm³/mol. The van der Waals surface area contributed by atoms with Crippen LogP contribution < -0.4 is 0 Å². The molecule has 0 unspecified atom stereocenters. The number of H-pyrrole nitrogens is 6. The summed E-state index contributed by atoms with van der Waals surface area (Å²) in [4.78, 5) is 49.0. The molecule has 0 saturated carbocycles. The van der Waals surface area contributed by atoms with Crippen LogP contribution >= 0.6 is 0 Å². The molecule has 15 rings (SSSR count). The van der Waals surface area contributed by atoms with Crippen molar-refractivity contribution in [3.05, 3.63) is 93.1 Å².